The van der Waals surface area contributed by atoms with Gasteiger partial charge in [0.2, 0.25) is 5.91 Å². The lowest BCUT2D eigenvalue weighted by molar-refractivity contribution is -0.140. The Morgan fingerprint density at radius 2 is 1.92 bits per heavy atom. The molecule has 6 nitrogen and oxygen atoms in total. The number of rotatable bonds is 5. The first-order chi connectivity index (χ1) is 12.5. The minimum atomic E-state index is 0.0830. The van der Waals surface area contributed by atoms with Crippen LogP contribution in [0, 0.1) is 6.92 Å². The number of amides is 1. The van der Waals surface area contributed by atoms with E-state index in [9.17, 15) is 4.79 Å². The normalized spacial score (nSPS) is 20.4. The van der Waals surface area contributed by atoms with E-state index in [2.05, 4.69) is 40.7 Å². The van der Waals surface area contributed by atoms with Gasteiger partial charge in [0.25, 0.3) is 0 Å². The van der Waals surface area contributed by atoms with Crippen LogP contribution in [0.5, 0.6) is 0 Å². The summed E-state index contributed by atoms with van der Waals surface area (Å²) in [6.07, 6.45) is 0.166. The van der Waals surface area contributed by atoms with Gasteiger partial charge in [0, 0.05) is 25.2 Å². The van der Waals surface area contributed by atoms with Crippen LogP contribution >= 0.6 is 11.8 Å². The molecular weight excluding hydrogens is 348 g/mol. The van der Waals surface area contributed by atoms with Crippen molar-refractivity contribution in [3.05, 3.63) is 29.8 Å². The van der Waals surface area contributed by atoms with Crippen molar-refractivity contribution >= 4 is 17.7 Å². The van der Waals surface area contributed by atoms with E-state index in [0.717, 1.165) is 23.1 Å². The van der Waals surface area contributed by atoms with Crippen LogP contribution in [-0.2, 0) is 16.1 Å². The van der Waals surface area contributed by atoms with Crippen LogP contribution in [0.1, 0.15) is 26.3 Å². The highest BCUT2D eigenvalue weighted by molar-refractivity contribution is 7.99. The predicted molar refractivity (Wildman–Crippen MR) is 103 cm³/mol. The zero-order valence-electron chi connectivity index (χ0n) is 15.8. The Hall–Kier alpha value is -1.86. The molecule has 2 unspecified atom stereocenters. The third-order valence-electron chi connectivity index (χ3n) is 4.52. The Balaban J connectivity index is 1.71. The molecule has 0 saturated carbocycles. The Morgan fingerprint density at radius 3 is 2.58 bits per heavy atom. The van der Waals surface area contributed by atoms with E-state index in [0.29, 0.717) is 18.8 Å². The summed E-state index contributed by atoms with van der Waals surface area (Å²) >= 11 is 1.45. The first-order valence-corrected chi connectivity index (χ1v) is 10.0. The van der Waals surface area contributed by atoms with Crippen LogP contribution in [0.4, 0.5) is 0 Å². The lowest BCUT2D eigenvalue weighted by Gasteiger charge is -2.35. The van der Waals surface area contributed by atoms with E-state index in [1.807, 2.05) is 30.9 Å². The van der Waals surface area contributed by atoms with Gasteiger partial charge in [-0.15, -0.1) is 10.2 Å². The molecule has 1 aliphatic rings. The van der Waals surface area contributed by atoms with Gasteiger partial charge >= 0.3 is 0 Å². The van der Waals surface area contributed by atoms with Crippen molar-refractivity contribution in [1.29, 1.82) is 0 Å². The number of morpholine rings is 1. The van der Waals surface area contributed by atoms with Crippen LogP contribution in [-0.4, -0.2) is 56.6 Å². The van der Waals surface area contributed by atoms with Gasteiger partial charge in [0.05, 0.1) is 18.0 Å². The number of carbonyl (C=O) groups excluding carboxylic acids is 1. The highest BCUT2D eigenvalue weighted by Crippen LogP contribution is 2.26. The van der Waals surface area contributed by atoms with E-state index >= 15 is 0 Å². The topological polar surface area (TPSA) is 60.2 Å². The second-order valence-electron chi connectivity index (χ2n) is 6.71. The maximum absolute atomic E-state index is 12.6. The highest BCUT2D eigenvalue weighted by atomic mass is 32.2. The van der Waals surface area contributed by atoms with E-state index in [4.69, 9.17) is 4.74 Å². The SMILES string of the molecule is CCn1c(SCC(=O)N2CC(C)OC(C)C2)nnc1-c1ccccc1C. The molecule has 1 aromatic heterocycles. The van der Waals surface area contributed by atoms with Gasteiger partial charge in [-0.3, -0.25) is 4.79 Å². The Kier molecular flexibility index (Phi) is 5.98. The molecule has 3 rings (SSSR count). The zero-order chi connectivity index (χ0) is 18.7. The molecule has 1 saturated heterocycles. The smallest absolute Gasteiger partial charge is 0.233 e. The first-order valence-electron chi connectivity index (χ1n) is 9.04. The number of thioether (sulfide) groups is 1. The molecule has 26 heavy (non-hydrogen) atoms. The van der Waals surface area contributed by atoms with Crippen LogP contribution in [0.25, 0.3) is 11.4 Å². The van der Waals surface area contributed by atoms with Gasteiger partial charge in [-0.2, -0.15) is 0 Å². The molecule has 2 heterocycles. The summed E-state index contributed by atoms with van der Waals surface area (Å²) in [6, 6.07) is 8.15. The summed E-state index contributed by atoms with van der Waals surface area (Å²) in [5, 5.41) is 9.50. The fourth-order valence-electron chi connectivity index (χ4n) is 3.30. The van der Waals surface area contributed by atoms with Gasteiger partial charge in [0.1, 0.15) is 0 Å². The van der Waals surface area contributed by atoms with Gasteiger partial charge in [-0.1, -0.05) is 36.0 Å². The van der Waals surface area contributed by atoms with Gasteiger partial charge in [0.15, 0.2) is 11.0 Å². The minimum absolute atomic E-state index is 0.0830. The van der Waals surface area contributed by atoms with Crippen LogP contribution < -0.4 is 0 Å². The predicted octanol–water partition coefficient (Wildman–Crippen LogP) is 3.00. The fourth-order valence-corrected chi connectivity index (χ4v) is 4.21. The summed E-state index contributed by atoms with van der Waals surface area (Å²) in [6.45, 7) is 10.2. The van der Waals surface area contributed by atoms with Crippen LogP contribution in [0.15, 0.2) is 29.4 Å². The average molecular weight is 375 g/mol. The molecule has 1 fully saturated rings. The Morgan fingerprint density at radius 1 is 1.23 bits per heavy atom. The third kappa shape index (κ3) is 4.10. The van der Waals surface area contributed by atoms with Crippen molar-refractivity contribution in [3.8, 4) is 11.4 Å². The molecular formula is C19H26N4O2S. The molecule has 0 radical (unpaired) electrons. The summed E-state index contributed by atoms with van der Waals surface area (Å²) in [4.78, 5) is 14.5. The molecule has 140 valence electrons. The molecule has 2 aromatic rings. The average Bonchev–Trinajstić information content (AvgIpc) is 3.01. The number of benzene rings is 1. The number of hydrogen-bond acceptors (Lipinski definition) is 5. The molecule has 1 amide bonds. The van der Waals surface area contributed by atoms with Crippen molar-refractivity contribution in [2.75, 3.05) is 18.8 Å². The highest BCUT2D eigenvalue weighted by Gasteiger charge is 2.26. The van der Waals surface area contributed by atoms with E-state index in [-0.39, 0.29) is 18.1 Å². The summed E-state index contributed by atoms with van der Waals surface area (Å²) < 4.78 is 7.78. The van der Waals surface area contributed by atoms with Crippen molar-refractivity contribution in [2.24, 2.45) is 0 Å². The standard InChI is InChI=1S/C19H26N4O2S/c1-5-23-18(16-9-7-6-8-13(16)2)20-21-19(23)26-12-17(24)22-10-14(3)25-15(4)11-22/h6-9,14-15H,5,10-12H2,1-4H3. The summed E-state index contributed by atoms with van der Waals surface area (Å²) in [7, 11) is 0. The quantitative estimate of drug-likeness (QED) is 0.753. The molecule has 0 aliphatic carbocycles. The molecule has 2 atom stereocenters. The Labute approximate surface area is 158 Å². The van der Waals surface area contributed by atoms with E-state index in [1.54, 1.807) is 0 Å². The lowest BCUT2D eigenvalue weighted by atomic mass is 10.1. The van der Waals surface area contributed by atoms with Crippen molar-refractivity contribution in [2.45, 2.75) is 51.6 Å². The zero-order valence-corrected chi connectivity index (χ0v) is 16.6. The minimum Gasteiger partial charge on any atom is -0.372 e. The summed E-state index contributed by atoms with van der Waals surface area (Å²) in [5.74, 6) is 1.35. The number of nitrogens with zero attached hydrogens (tertiary/aromatic N) is 4. The van der Waals surface area contributed by atoms with Gasteiger partial charge in [-0.25, -0.2) is 0 Å². The molecule has 7 heteroatoms. The molecule has 1 aliphatic heterocycles. The third-order valence-corrected chi connectivity index (χ3v) is 5.47. The maximum atomic E-state index is 12.6. The van der Waals surface area contributed by atoms with Crippen LogP contribution in [0.3, 0.4) is 0 Å². The van der Waals surface area contributed by atoms with Crippen LogP contribution in [0.2, 0.25) is 0 Å². The fraction of sp³-hybridized carbons (Fsp3) is 0.526. The van der Waals surface area contributed by atoms with E-state index in [1.165, 1.54) is 17.3 Å². The molecule has 0 bridgehead atoms. The molecule has 0 spiro atoms. The molecule has 1 aromatic carbocycles. The second-order valence-corrected chi connectivity index (χ2v) is 7.65. The lowest BCUT2D eigenvalue weighted by Crippen LogP contribution is -2.48. The Bertz CT molecular complexity index is 767. The van der Waals surface area contributed by atoms with Crippen molar-refractivity contribution < 1.29 is 9.53 Å². The summed E-state index contributed by atoms with van der Waals surface area (Å²) in [5.41, 5.74) is 2.24. The number of aromatic nitrogens is 3. The largest absolute Gasteiger partial charge is 0.372 e. The number of aryl methyl sites for hydroxylation is 1. The monoisotopic (exact) mass is 374 g/mol. The number of ether oxygens (including phenoxy) is 1. The van der Waals surface area contributed by atoms with E-state index < -0.39 is 0 Å². The van der Waals surface area contributed by atoms with Gasteiger partial charge in [-0.05, 0) is 33.3 Å². The van der Waals surface area contributed by atoms with Crippen molar-refractivity contribution in [1.82, 2.24) is 19.7 Å². The van der Waals surface area contributed by atoms with Crippen molar-refractivity contribution in [3.63, 3.8) is 0 Å². The molecule has 0 N–H and O–H groups in total. The second kappa shape index (κ2) is 8.22. The van der Waals surface area contributed by atoms with Gasteiger partial charge < -0.3 is 14.2 Å². The maximum Gasteiger partial charge on any atom is 0.233 e. The first kappa shape index (κ1) is 18.9. The number of carbonyl (C=O) groups is 1. The number of hydrogen-bond donors (Lipinski definition) is 0.